The molecular weight excluding hydrogens is 302 g/mol. The van der Waals surface area contributed by atoms with E-state index in [1.165, 1.54) is 0 Å². The zero-order valence-electron chi connectivity index (χ0n) is 15.3. The van der Waals surface area contributed by atoms with Gasteiger partial charge in [-0.3, -0.25) is 4.79 Å². The molecule has 2 fully saturated rings. The number of piperidine rings is 1. The second-order valence-electron chi connectivity index (χ2n) is 8.78. The van der Waals surface area contributed by atoms with Gasteiger partial charge in [-0.05, 0) is 23.7 Å². The molecule has 1 aromatic heterocycles. The maximum absolute atomic E-state index is 12.9. The molecule has 6 heteroatoms. The Bertz CT molecular complexity index is 640. The van der Waals surface area contributed by atoms with E-state index in [-0.39, 0.29) is 16.7 Å². The highest BCUT2D eigenvalue weighted by Crippen LogP contribution is 2.68. The second-order valence-corrected chi connectivity index (χ2v) is 8.78. The van der Waals surface area contributed by atoms with Gasteiger partial charge in [0.15, 0.2) is 0 Å². The Morgan fingerprint density at radius 3 is 2.38 bits per heavy atom. The van der Waals surface area contributed by atoms with Gasteiger partial charge in [-0.25, -0.2) is 0 Å². The van der Waals surface area contributed by atoms with Crippen LogP contribution >= 0.6 is 0 Å². The summed E-state index contributed by atoms with van der Waals surface area (Å²) in [7, 11) is 0. The van der Waals surface area contributed by atoms with E-state index in [2.05, 4.69) is 52.7 Å². The number of hydrogen-bond acceptors (Lipinski definition) is 4. The molecule has 132 valence electrons. The van der Waals surface area contributed by atoms with Gasteiger partial charge in [0.05, 0.1) is 6.54 Å². The number of hydrogen-bond donors (Lipinski definition) is 1. The van der Waals surface area contributed by atoms with Gasteiger partial charge in [-0.15, -0.1) is 10.2 Å². The molecule has 0 radical (unpaired) electrons. The quantitative estimate of drug-likeness (QED) is 0.897. The first-order valence-electron chi connectivity index (χ1n) is 9.25. The first-order chi connectivity index (χ1) is 11.3. The standard InChI is InChI=1S/C18H29N5O/c1-17(2)14(18(17,3)4)16(24)22-8-5-12(6-9-22)15-21-20-13-11-19-7-10-23(13)15/h12,14,19H,5-11H2,1-4H3. The van der Waals surface area contributed by atoms with E-state index in [0.29, 0.717) is 11.8 Å². The van der Waals surface area contributed by atoms with Gasteiger partial charge in [0.2, 0.25) is 5.91 Å². The molecule has 0 spiro atoms. The Kier molecular flexibility index (Phi) is 3.53. The van der Waals surface area contributed by atoms with Gasteiger partial charge < -0.3 is 14.8 Å². The molecule has 0 atom stereocenters. The van der Waals surface area contributed by atoms with Crippen LogP contribution in [0.1, 0.15) is 58.1 Å². The molecule has 0 unspecified atom stereocenters. The van der Waals surface area contributed by atoms with E-state index < -0.39 is 0 Å². The lowest BCUT2D eigenvalue weighted by Crippen LogP contribution is -2.40. The van der Waals surface area contributed by atoms with Crippen LogP contribution in [-0.2, 0) is 17.9 Å². The molecule has 1 amide bonds. The minimum Gasteiger partial charge on any atom is -0.342 e. The lowest BCUT2D eigenvalue weighted by Gasteiger charge is -2.32. The number of rotatable bonds is 2. The first-order valence-corrected chi connectivity index (χ1v) is 9.25. The molecule has 0 aromatic carbocycles. The lowest BCUT2D eigenvalue weighted by atomic mass is 9.95. The zero-order valence-corrected chi connectivity index (χ0v) is 15.3. The molecule has 1 saturated heterocycles. The van der Waals surface area contributed by atoms with Crippen molar-refractivity contribution in [2.24, 2.45) is 16.7 Å². The topological polar surface area (TPSA) is 63.1 Å². The SMILES string of the molecule is CC1(C)C(C(=O)N2CCC(c3nnc4n3CCNC4)CC2)C1(C)C. The monoisotopic (exact) mass is 331 g/mol. The molecule has 6 nitrogen and oxygen atoms in total. The number of likely N-dealkylation sites (tertiary alicyclic amines) is 1. The van der Waals surface area contributed by atoms with E-state index in [9.17, 15) is 4.79 Å². The highest BCUT2D eigenvalue weighted by atomic mass is 16.2. The van der Waals surface area contributed by atoms with Crippen molar-refractivity contribution in [1.82, 2.24) is 25.0 Å². The average molecular weight is 331 g/mol. The molecule has 1 N–H and O–H groups in total. The number of amides is 1. The van der Waals surface area contributed by atoms with Crippen molar-refractivity contribution in [2.75, 3.05) is 19.6 Å². The molecule has 0 bridgehead atoms. The lowest BCUT2D eigenvalue weighted by molar-refractivity contribution is -0.135. The van der Waals surface area contributed by atoms with Gasteiger partial charge in [-0.1, -0.05) is 27.7 Å². The molecule has 1 saturated carbocycles. The fourth-order valence-corrected chi connectivity index (χ4v) is 4.77. The van der Waals surface area contributed by atoms with E-state index in [4.69, 9.17) is 0 Å². The van der Waals surface area contributed by atoms with Crippen molar-refractivity contribution < 1.29 is 4.79 Å². The third-order valence-corrected chi connectivity index (χ3v) is 7.09. The average Bonchev–Trinajstić information content (AvgIpc) is 2.88. The van der Waals surface area contributed by atoms with Crippen LogP contribution in [0, 0.1) is 16.7 Å². The predicted octanol–water partition coefficient (Wildman–Crippen LogP) is 1.77. The zero-order chi connectivity index (χ0) is 17.1. The minimum atomic E-state index is 0.125. The summed E-state index contributed by atoms with van der Waals surface area (Å²) >= 11 is 0. The molecule has 2 aliphatic heterocycles. The normalized spacial score (nSPS) is 26.2. The summed E-state index contributed by atoms with van der Waals surface area (Å²) in [4.78, 5) is 15.0. The molecule has 1 aromatic rings. The number of fused-ring (bicyclic) bond motifs is 1. The van der Waals surface area contributed by atoms with Crippen LogP contribution in [0.4, 0.5) is 0 Å². The summed E-state index contributed by atoms with van der Waals surface area (Å²) < 4.78 is 2.28. The number of nitrogens with zero attached hydrogens (tertiary/aromatic N) is 4. The van der Waals surface area contributed by atoms with Crippen LogP contribution in [0.15, 0.2) is 0 Å². The van der Waals surface area contributed by atoms with Gasteiger partial charge in [0.25, 0.3) is 0 Å². The second kappa shape index (κ2) is 5.28. The number of carbonyl (C=O) groups is 1. The minimum absolute atomic E-state index is 0.125. The maximum Gasteiger partial charge on any atom is 0.226 e. The van der Waals surface area contributed by atoms with E-state index in [1.807, 2.05) is 0 Å². The summed E-state index contributed by atoms with van der Waals surface area (Å²) in [5, 5.41) is 12.1. The Hall–Kier alpha value is -1.43. The Balaban J connectivity index is 1.41. The van der Waals surface area contributed by atoms with Crippen molar-refractivity contribution in [2.45, 2.75) is 59.5 Å². The van der Waals surface area contributed by atoms with Crippen LogP contribution in [0.2, 0.25) is 0 Å². The van der Waals surface area contributed by atoms with Crippen LogP contribution in [0.3, 0.4) is 0 Å². The van der Waals surface area contributed by atoms with Crippen LogP contribution in [0.25, 0.3) is 0 Å². The van der Waals surface area contributed by atoms with Crippen molar-refractivity contribution in [3.8, 4) is 0 Å². The summed E-state index contributed by atoms with van der Waals surface area (Å²) in [6.07, 6.45) is 2.01. The summed E-state index contributed by atoms with van der Waals surface area (Å²) in [6.45, 7) is 13.4. The first kappa shape index (κ1) is 16.1. The van der Waals surface area contributed by atoms with Gasteiger partial charge >= 0.3 is 0 Å². The van der Waals surface area contributed by atoms with Crippen LogP contribution < -0.4 is 5.32 Å². The summed E-state index contributed by atoms with van der Waals surface area (Å²) in [5.74, 6) is 3.15. The van der Waals surface area contributed by atoms with Gasteiger partial charge in [0, 0.05) is 38.0 Å². The fourth-order valence-electron chi connectivity index (χ4n) is 4.77. The number of nitrogens with one attached hydrogen (secondary N) is 1. The summed E-state index contributed by atoms with van der Waals surface area (Å²) in [5.41, 5.74) is 0.250. The maximum atomic E-state index is 12.9. The Morgan fingerprint density at radius 1 is 1.08 bits per heavy atom. The molecule has 3 aliphatic rings. The summed E-state index contributed by atoms with van der Waals surface area (Å²) in [6, 6.07) is 0. The van der Waals surface area contributed by atoms with E-state index in [1.54, 1.807) is 0 Å². The molecule has 24 heavy (non-hydrogen) atoms. The predicted molar refractivity (Wildman–Crippen MR) is 91.3 cm³/mol. The smallest absolute Gasteiger partial charge is 0.226 e. The van der Waals surface area contributed by atoms with Crippen molar-refractivity contribution in [3.63, 3.8) is 0 Å². The van der Waals surface area contributed by atoms with Crippen LogP contribution in [-0.4, -0.2) is 45.2 Å². The van der Waals surface area contributed by atoms with Crippen molar-refractivity contribution in [1.29, 1.82) is 0 Å². The number of carbonyl (C=O) groups excluding carboxylic acids is 1. The van der Waals surface area contributed by atoms with E-state index in [0.717, 1.165) is 57.2 Å². The Morgan fingerprint density at radius 2 is 1.75 bits per heavy atom. The van der Waals surface area contributed by atoms with Crippen molar-refractivity contribution in [3.05, 3.63) is 11.6 Å². The highest BCUT2D eigenvalue weighted by molar-refractivity contribution is 5.84. The molecule has 4 rings (SSSR count). The van der Waals surface area contributed by atoms with Gasteiger partial charge in [-0.2, -0.15) is 0 Å². The third-order valence-electron chi connectivity index (χ3n) is 7.09. The molecule has 1 aliphatic carbocycles. The van der Waals surface area contributed by atoms with Crippen molar-refractivity contribution >= 4 is 5.91 Å². The largest absolute Gasteiger partial charge is 0.342 e. The Labute approximate surface area is 144 Å². The highest BCUT2D eigenvalue weighted by Gasteiger charge is 2.68. The van der Waals surface area contributed by atoms with Crippen LogP contribution in [0.5, 0.6) is 0 Å². The molecule has 3 heterocycles. The van der Waals surface area contributed by atoms with Gasteiger partial charge in [0.1, 0.15) is 11.6 Å². The third kappa shape index (κ3) is 2.22. The number of aromatic nitrogens is 3. The van der Waals surface area contributed by atoms with E-state index >= 15 is 0 Å². The fraction of sp³-hybridized carbons (Fsp3) is 0.833. The molecular formula is C18H29N5O.